The second-order valence-corrected chi connectivity index (χ2v) is 4.72. The quantitative estimate of drug-likeness (QED) is 0.666. The van der Waals surface area contributed by atoms with Gasteiger partial charge in [0.2, 0.25) is 0 Å². The summed E-state index contributed by atoms with van der Waals surface area (Å²) in [4.78, 5) is 4.19. The predicted octanol–water partition coefficient (Wildman–Crippen LogP) is 2.60. The number of nitrogens with two attached hydrogens (primary N) is 1. The molecule has 1 heterocycles. The van der Waals surface area contributed by atoms with E-state index in [-0.39, 0.29) is 6.04 Å². The number of benzene rings is 1. The van der Waals surface area contributed by atoms with E-state index in [2.05, 4.69) is 10.4 Å². The van der Waals surface area contributed by atoms with Crippen LogP contribution in [0.4, 0.5) is 0 Å². The van der Waals surface area contributed by atoms with Crippen LogP contribution < -0.4 is 16.0 Å². The summed E-state index contributed by atoms with van der Waals surface area (Å²) in [6.45, 7) is 1.99. The predicted molar refractivity (Wildman–Crippen MR) is 76.1 cm³/mol. The van der Waals surface area contributed by atoms with Crippen LogP contribution in [0.3, 0.4) is 0 Å². The molecule has 1 aromatic carbocycles. The maximum Gasteiger partial charge on any atom is 0.125 e. The summed E-state index contributed by atoms with van der Waals surface area (Å²) in [5, 5.41) is 0.624. The highest BCUT2D eigenvalue weighted by atomic mass is 35.5. The molecule has 100 valence electrons. The van der Waals surface area contributed by atoms with Crippen molar-refractivity contribution in [2.75, 3.05) is 7.11 Å². The van der Waals surface area contributed by atoms with Crippen LogP contribution in [-0.4, -0.2) is 12.1 Å². The van der Waals surface area contributed by atoms with Crippen LogP contribution in [0.2, 0.25) is 5.02 Å². The van der Waals surface area contributed by atoms with E-state index in [0.717, 1.165) is 16.7 Å². The molecule has 0 aliphatic heterocycles. The first-order valence-electron chi connectivity index (χ1n) is 5.87. The maximum atomic E-state index is 5.97. The molecule has 1 aromatic heterocycles. The van der Waals surface area contributed by atoms with E-state index in [1.807, 2.05) is 25.1 Å². The van der Waals surface area contributed by atoms with Crippen LogP contribution in [0.25, 0.3) is 0 Å². The molecule has 2 rings (SSSR count). The number of nitrogens with one attached hydrogen (secondary N) is 1. The van der Waals surface area contributed by atoms with E-state index in [0.29, 0.717) is 10.8 Å². The lowest BCUT2D eigenvalue weighted by molar-refractivity contribution is 0.404. The van der Waals surface area contributed by atoms with Gasteiger partial charge in [-0.1, -0.05) is 23.7 Å². The van der Waals surface area contributed by atoms with Gasteiger partial charge in [-0.2, -0.15) is 0 Å². The summed E-state index contributed by atoms with van der Waals surface area (Å²) in [5.74, 6) is 6.37. The molecule has 0 saturated carbocycles. The zero-order valence-electron chi connectivity index (χ0n) is 10.9. The Kier molecular flexibility index (Phi) is 4.37. The third-order valence-corrected chi connectivity index (χ3v) is 3.14. The van der Waals surface area contributed by atoms with Crippen molar-refractivity contribution >= 4 is 11.6 Å². The molecule has 2 aromatic rings. The molecule has 0 aliphatic carbocycles. The van der Waals surface area contributed by atoms with E-state index in [4.69, 9.17) is 22.2 Å². The lowest BCUT2D eigenvalue weighted by atomic mass is 9.99. The van der Waals surface area contributed by atoms with Gasteiger partial charge in [-0.25, -0.2) is 5.43 Å². The van der Waals surface area contributed by atoms with Crippen LogP contribution in [0.1, 0.15) is 22.7 Å². The molecule has 0 saturated heterocycles. The van der Waals surface area contributed by atoms with Gasteiger partial charge in [0.05, 0.1) is 13.2 Å². The lowest BCUT2D eigenvalue weighted by Gasteiger charge is -2.19. The third-order valence-electron chi connectivity index (χ3n) is 2.90. The largest absolute Gasteiger partial charge is 0.496 e. The van der Waals surface area contributed by atoms with E-state index in [9.17, 15) is 0 Å². The van der Waals surface area contributed by atoms with Crippen molar-refractivity contribution in [1.29, 1.82) is 0 Å². The molecule has 0 bridgehead atoms. The van der Waals surface area contributed by atoms with Crippen LogP contribution in [0.15, 0.2) is 36.7 Å². The zero-order chi connectivity index (χ0) is 13.8. The Labute approximate surface area is 117 Å². The number of nitrogens with zero attached hydrogens (tertiary/aromatic N) is 1. The van der Waals surface area contributed by atoms with Gasteiger partial charge in [0.25, 0.3) is 0 Å². The average Bonchev–Trinajstić information content (AvgIpc) is 2.41. The molecule has 5 heteroatoms. The van der Waals surface area contributed by atoms with Crippen molar-refractivity contribution in [3.05, 3.63) is 58.4 Å². The van der Waals surface area contributed by atoms with E-state index >= 15 is 0 Å². The molecule has 0 fully saturated rings. The number of aryl methyl sites for hydroxylation is 1. The highest BCUT2D eigenvalue weighted by molar-refractivity contribution is 6.30. The Morgan fingerprint density at radius 1 is 1.32 bits per heavy atom. The normalized spacial score (nSPS) is 12.2. The molecule has 1 atom stereocenters. The third kappa shape index (κ3) is 3.04. The number of ether oxygens (including phenoxy) is 1. The Morgan fingerprint density at radius 3 is 2.74 bits per heavy atom. The maximum absolute atomic E-state index is 5.97. The zero-order valence-corrected chi connectivity index (χ0v) is 11.6. The summed E-state index contributed by atoms with van der Waals surface area (Å²) in [6, 6.07) is 7.32. The minimum atomic E-state index is -0.195. The van der Waals surface area contributed by atoms with Crippen molar-refractivity contribution in [2.45, 2.75) is 13.0 Å². The molecule has 0 amide bonds. The van der Waals surface area contributed by atoms with Gasteiger partial charge in [0.15, 0.2) is 0 Å². The number of rotatable bonds is 4. The van der Waals surface area contributed by atoms with Crippen LogP contribution >= 0.6 is 11.6 Å². The standard InChI is InChI=1S/C14H16ClN3O/c1-9-5-10(8-17-7-9)14(18-16)12-4-3-11(15)6-13(12)19-2/h3-8,14,18H,16H2,1-2H3. The molecule has 19 heavy (non-hydrogen) atoms. The van der Waals surface area contributed by atoms with Gasteiger partial charge in [0.1, 0.15) is 5.75 Å². The summed E-state index contributed by atoms with van der Waals surface area (Å²) in [5.41, 5.74) is 5.76. The lowest BCUT2D eigenvalue weighted by Crippen LogP contribution is -2.29. The molecule has 0 radical (unpaired) electrons. The number of aromatic nitrogens is 1. The second-order valence-electron chi connectivity index (χ2n) is 4.28. The number of hydrogen-bond acceptors (Lipinski definition) is 4. The molecule has 0 spiro atoms. The van der Waals surface area contributed by atoms with E-state index in [1.165, 1.54) is 0 Å². The smallest absolute Gasteiger partial charge is 0.125 e. The van der Waals surface area contributed by atoms with E-state index in [1.54, 1.807) is 25.6 Å². The summed E-state index contributed by atoms with van der Waals surface area (Å²) in [6.07, 6.45) is 3.59. The van der Waals surface area contributed by atoms with Gasteiger partial charge in [-0.05, 0) is 30.2 Å². The summed E-state index contributed by atoms with van der Waals surface area (Å²) in [7, 11) is 1.61. The van der Waals surface area contributed by atoms with Gasteiger partial charge in [-0.15, -0.1) is 0 Å². The number of hydrazine groups is 1. The molecular formula is C14H16ClN3O. The van der Waals surface area contributed by atoms with Crippen molar-refractivity contribution in [2.24, 2.45) is 5.84 Å². The number of halogens is 1. The highest BCUT2D eigenvalue weighted by Crippen LogP contribution is 2.31. The van der Waals surface area contributed by atoms with Gasteiger partial charge in [-0.3, -0.25) is 10.8 Å². The number of pyridine rings is 1. The molecule has 0 aliphatic rings. The van der Waals surface area contributed by atoms with E-state index < -0.39 is 0 Å². The van der Waals surface area contributed by atoms with Crippen molar-refractivity contribution < 1.29 is 4.74 Å². The van der Waals surface area contributed by atoms with Crippen LogP contribution in [0.5, 0.6) is 5.75 Å². The fourth-order valence-electron chi connectivity index (χ4n) is 2.03. The summed E-state index contributed by atoms with van der Waals surface area (Å²) >= 11 is 5.97. The minimum Gasteiger partial charge on any atom is -0.496 e. The first kappa shape index (κ1) is 13.8. The number of hydrogen-bond donors (Lipinski definition) is 2. The monoisotopic (exact) mass is 277 g/mol. The highest BCUT2D eigenvalue weighted by Gasteiger charge is 2.17. The Hall–Kier alpha value is -1.62. The van der Waals surface area contributed by atoms with Crippen molar-refractivity contribution in [3.63, 3.8) is 0 Å². The molecule has 4 nitrogen and oxygen atoms in total. The second kappa shape index (κ2) is 6.02. The van der Waals surface area contributed by atoms with Crippen LogP contribution in [-0.2, 0) is 0 Å². The van der Waals surface area contributed by atoms with Crippen molar-refractivity contribution in [3.8, 4) is 5.75 Å². The fraction of sp³-hybridized carbons (Fsp3) is 0.214. The first-order chi connectivity index (χ1) is 9.15. The first-order valence-corrected chi connectivity index (χ1v) is 6.24. The van der Waals surface area contributed by atoms with Gasteiger partial charge >= 0.3 is 0 Å². The molecular weight excluding hydrogens is 262 g/mol. The van der Waals surface area contributed by atoms with Gasteiger partial charge in [0, 0.05) is 23.0 Å². The number of methoxy groups -OCH3 is 1. The molecule has 1 unspecified atom stereocenters. The Morgan fingerprint density at radius 2 is 2.11 bits per heavy atom. The topological polar surface area (TPSA) is 60.2 Å². The average molecular weight is 278 g/mol. The van der Waals surface area contributed by atoms with Crippen LogP contribution in [0, 0.1) is 6.92 Å². The Bertz CT molecular complexity index is 574. The summed E-state index contributed by atoms with van der Waals surface area (Å²) < 4.78 is 5.36. The fourth-order valence-corrected chi connectivity index (χ4v) is 2.19. The van der Waals surface area contributed by atoms with Crippen molar-refractivity contribution in [1.82, 2.24) is 10.4 Å². The van der Waals surface area contributed by atoms with Gasteiger partial charge < -0.3 is 4.74 Å². The SMILES string of the molecule is COc1cc(Cl)ccc1C(NN)c1cncc(C)c1. The molecule has 3 N–H and O–H groups in total. The Balaban J connectivity index is 2.48. The minimum absolute atomic E-state index is 0.195.